The standard InChI is InChI=1S/C16H11N3O3/c1-7-2-3-12-8(4-7)9-5-10(15(17)21)14(20)11-6-18-19-16(22-12)13(9)11/h2-6,10H,1H3,(H2,17,21). The number of aryl methyl sites for hydroxylation is 1. The van der Waals surface area contributed by atoms with Gasteiger partial charge in [0, 0.05) is 5.56 Å². The Balaban J connectivity index is 2.05. The summed E-state index contributed by atoms with van der Waals surface area (Å²) in [7, 11) is 0. The quantitative estimate of drug-likeness (QED) is 0.688. The molecule has 2 aliphatic rings. The molecule has 0 bridgehead atoms. The van der Waals surface area contributed by atoms with Gasteiger partial charge in [-0.2, -0.15) is 5.10 Å². The Kier molecular flexibility index (Phi) is 2.45. The molecule has 0 fully saturated rings. The van der Waals surface area contributed by atoms with E-state index in [4.69, 9.17) is 10.5 Å². The van der Waals surface area contributed by atoms with Gasteiger partial charge in [-0.15, -0.1) is 5.10 Å². The van der Waals surface area contributed by atoms with Crippen molar-refractivity contribution in [1.29, 1.82) is 0 Å². The number of ether oxygens (including phenoxy) is 1. The zero-order chi connectivity index (χ0) is 15.4. The van der Waals surface area contributed by atoms with Crippen LogP contribution in [0.4, 0.5) is 0 Å². The number of amides is 1. The Bertz CT molecular complexity index is 886. The van der Waals surface area contributed by atoms with Gasteiger partial charge < -0.3 is 10.5 Å². The highest BCUT2D eigenvalue weighted by atomic mass is 16.5. The first-order valence-electron chi connectivity index (χ1n) is 6.76. The molecule has 0 radical (unpaired) electrons. The van der Waals surface area contributed by atoms with Crippen LogP contribution in [0.25, 0.3) is 5.57 Å². The molecule has 0 saturated heterocycles. The zero-order valence-corrected chi connectivity index (χ0v) is 11.7. The summed E-state index contributed by atoms with van der Waals surface area (Å²) in [4.78, 5) is 24.0. The zero-order valence-electron chi connectivity index (χ0n) is 11.7. The van der Waals surface area contributed by atoms with Gasteiger partial charge in [-0.25, -0.2) is 0 Å². The molecule has 1 amide bonds. The van der Waals surface area contributed by atoms with Gasteiger partial charge in [-0.05, 0) is 24.6 Å². The second-order valence-electron chi connectivity index (χ2n) is 5.36. The van der Waals surface area contributed by atoms with Crippen LogP contribution in [0.15, 0.2) is 30.5 Å². The molecule has 0 spiro atoms. The predicted octanol–water partition coefficient (Wildman–Crippen LogP) is 1.62. The topological polar surface area (TPSA) is 95.2 Å². The summed E-state index contributed by atoms with van der Waals surface area (Å²) in [6.07, 6.45) is 2.95. The summed E-state index contributed by atoms with van der Waals surface area (Å²) in [6.45, 7) is 1.96. The van der Waals surface area contributed by atoms with Gasteiger partial charge in [0.1, 0.15) is 11.7 Å². The van der Waals surface area contributed by atoms with E-state index in [9.17, 15) is 9.59 Å². The van der Waals surface area contributed by atoms with E-state index in [2.05, 4.69) is 10.2 Å². The Morgan fingerprint density at radius 1 is 1.32 bits per heavy atom. The van der Waals surface area contributed by atoms with Crippen LogP contribution in [0.5, 0.6) is 11.6 Å². The smallest absolute Gasteiger partial charge is 0.247 e. The average molecular weight is 293 g/mol. The number of nitrogens with two attached hydrogens (primary N) is 1. The van der Waals surface area contributed by atoms with Crippen LogP contribution in [-0.2, 0) is 4.79 Å². The lowest BCUT2D eigenvalue weighted by molar-refractivity contribution is -0.119. The molecule has 4 rings (SSSR count). The summed E-state index contributed by atoms with van der Waals surface area (Å²) >= 11 is 0. The van der Waals surface area contributed by atoms with Gasteiger partial charge >= 0.3 is 0 Å². The third-order valence-electron chi connectivity index (χ3n) is 3.91. The summed E-state index contributed by atoms with van der Waals surface area (Å²) in [6, 6.07) is 5.70. The Hall–Kier alpha value is -3.02. The van der Waals surface area contributed by atoms with Crippen LogP contribution in [-0.4, -0.2) is 21.9 Å². The minimum Gasteiger partial charge on any atom is -0.436 e. The number of benzene rings is 1. The average Bonchev–Trinajstić information content (AvgIpc) is 2.50. The molecule has 1 aromatic carbocycles. The number of Topliss-reactive ketones (excluding diaryl/α,β-unsaturated/α-hetero) is 1. The second kappa shape index (κ2) is 4.24. The maximum absolute atomic E-state index is 12.4. The molecule has 1 atom stereocenters. The number of primary amides is 1. The lowest BCUT2D eigenvalue weighted by Crippen LogP contribution is -2.32. The molecule has 1 aromatic heterocycles. The van der Waals surface area contributed by atoms with Crippen molar-refractivity contribution in [3.8, 4) is 11.6 Å². The number of hydrogen-bond acceptors (Lipinski definition) is 5. The summed E-state index contributed by atoms with van der Waals surface area (Å²) in [5.41, 5.74) is 8.87. The van der Waals surface area contributed by atoms with Gasteiger partial charge in [0.05, 0.1) is 17.3 Å². The molecule has 0 saturated carbocycles. The fraction of sp³-hybridized carbons (Fsp3) is 0.125. The maximum atomic E-state index is 12.4. The van der Waals surface area contributed by atoms with Gasteiger partial charge in [0.25, 0.3) is 0 Å². The Labute approximate surface area is 125 Å². The first kappa shape index (κ1) is 12.7. The fourth-order valence-electron chi connectivity index (χ4n) is 2.86. The van der Waals surface area contributed by atoms with Gasteiger partial charge in [0.15, 0.2) is 5.78 Å². The number of ketones is 1. The molecule has 108 valence electrons. The number of carbonyl (C=O) groups is 2. The van der Waals surface area contributed by atoms with Crippen molar-refractivity contribution < 1.29 is 14.3 Å². The summed E-state index contributed by atoms with van der Waals surface area (Å²) < 4.78 is 5.74. The van der Waals surface area contributed by atoms with Crippen LogP contribution >= 0.6 is 0 Å². The summed E-state index contributed by atoms with van der Waals surface area (Å²) in [5.74, 6) is -1.15. The van der Waals surface area contributed by atoms with Crippen molar-refractivity contribution in [2.24, 2.45) is 11.7 Å². The maximum Gasteiger partial charge on any atom is 0.247 e. The molecule has 1 aliphatic carbocycles. The number of nitrogens with zero attached hydrogens (tertiary/aromatic N) is 2. The lowest BCUT2D eigenvalue weighted by atomic mass is 9.80. The van der Waals surface area contributed by atoms with Crippen LogP contribution in [0.3, 0.4) is 0 Å². The van der Waals surface area contributed by atoms with E-state index in [1.165, 1.54) is 6.20 Å². The number of fused-ring (bicyclic) bond motifs is 2. The van der Waals surface area contributed by atoms with Crippen molar-refractivity contribution in [1.82, 2.24) is 10.2 Å². The van der Waals surface area contributed by atoms with E-state index >= 15 is 0 Å². The molecule has 2 aromatic rings. The Morgan fingerprint density at radius 3 is 2.91 bits per heavy atom. The minimum atomic E-state index is -0.994. The third kappa shape index (κ3) is 1.60. The van der Waals surface area contributed by atoms with E-state index in [1.54, 1.807) is 6.08 Å². The molecule has 22 heavy (non-hydrogen) atoms. The molecule has 6 nitrogen and oxygen atoms in total. The molecular formula is C16H11N3O3. The molecule has 1 aliphatic heterocycles. The summed E-state index contributed by atoms with van der Waals surface area (Å²) in [5, 5.41) is 7.75. The molecule has 6 heteroatoms. The molecule has 1 unspecified atom stereocenters. The number of aromatic nitrogens is 2. The van der Waals surface area contributed by atoms with Crippen LogP contribution in [0.2, 0.25) is 0 Å². The predicted molar refractivity (Wildman–Crippen MR) is 77.4 cm³/mol. The van der Waals surface area contributed by atoms with E-state index in [1.807, 2.05) is 25.1 Å². The van der Waals surface area contributed by atoms with Gasteiger partial charge in [-0.1, -0.05) is 17.7 Å². The highest BCUT2D eigenvalue weighted by Crippen LogP contribution is 2.46. The molecular weight excluding hydrogens is 282 g/mol. The fourth-order valence-corrected chi connectivity index (χ4v) is 2.86. The van der Waals surface area contributed by atoms with E-state index in [0.717, 1.165) is 16.7 Å². The Morgan fingerprint density at radius 2 is 2.14 bits per heavy atom. The van der Waals surface area contributed by atoms with Crippen LogP contribution < -0.4 is 10.5 Å². The van der Waals surface area contributed by atoms with Crippen molar-refractivity contribution in [3.05, 3.63) is 52.7 Å². The largest absolute Gasteiger partial charge is 0.436 e. The first-order valence-corrected chi connectivity index (χ1v) is 6.76. The van der Waals surface area contributed by atoms with Crippen LogP contribution in [0, 0.1) is 12.8 Å². The number of hydrogen-bond donors (Lipinski definition) is 1. The van der Waals surface area contributed by atoms with Gasteiger partial charge in [0.2, 0.25) is 11.8 Å². The van der Waals surface area contributed by atoms with Crippen LogP contribution in [0.1, 0.15) is 27.0 Å². The SMILES string of the molecule is Cc1ccc2c(c1)C1=CC(C(N)=O)C(=O)c3cnnc(c31)O2. The van der Waals surface area contributed by atoms with Gasteiger partial charge in [-0.3, -0.25) is 9.59 Å². The minimum absolute atomic E-state index is 0.274. The second-order valence-corrected chi connectivity index (χ2v) is 5.36. The van der Waals surface area contributed by atoms with E-state index in [0.29, 0.717) is 16.9 Å². The van der Waals surface area contributed by atoms with Crippen molar-refractivity contribution in [3.63, 3.8) is 0 Å². The van der Waals surface area contributed by atoms with Crippen molar-refractivity contribution >= 4 is 17.3 Å². The molecule has 2 heterocycles. The number of carbonyl (C=O) groups excluding carboxylic acids is 2. The lowest BCUT2D eigenvalue weighted by Gasteiger charge is -2.27. The normalized spacial score (nSPS) is 18.0. The van der Waals surface area contributed by atoms with E-state index < -0.39 is 11.8 Å². The molecule has 2 N–H and O–H groups in total. The highest BCUT2D eigenvalue weighted by molar-refractivity contribution is 6.18. The highest BCUT2D eigenvalue weighted by Gasteiger charge is 2.37. The number of rotatable bonds is 1. The third-order valence-corrected chi connectivity index (χ3v) is 3.91. The van der Waals surface area contributed by atoms with E-state index in [-0.39, 0.29) is 11.7 Å². The van der Waals surface area contributed by atoms with Crippen molar-refractivity contribution in [2.45, 2.75) is 6.92 Å². The first-order chi connectivity index (χ1) is 10.6. The monoisotopic (exact) mass is 293 g/mol. The van der Waals surface area contributed by atoms with Crippen molar-refractivity contribution in [2.75, 3.05) is 0 Å².